The second kappa shape index (κ2) is 7.69. The number of alkyl carbamates (subject to hydrolysis) is 1. The van der Waals surface area contributed by atoms with Crippen LogP contribution in [-0.4, -0.2) is 43.2 Å². The van der Waals surface area contributed by atoms with Crippen LogP contribution in [0.25, 0.3) is 0 Å². The van der Waals surface area contributed by atoms with Gasteiger partial charge in [0.1, 0.15) is 5.60 Å². The summed E-state index contributed by atoms with van der Waals surface area (Å²) in [5, 5.41) is 12.1. The van der Waals surface area contributed by atoms with Gasteiger partial charge in [-0.15, -0.1) is 6.58 Å². The first kappa shape index (κ1) is 22.7. The van der Waals surface area contributed by atoms with Gasteiger partial charge in [-0.3, -0.25) is 0 Å². The molecular weight excluding hydrogens is 326 g/mol. The molecular formula is C17H33NO5Si. The van der Waals surface area contributed by atoms with E-state index in [1.165, 1.54) is 6.08 Å². The lowest BCUT2D eigenvalue weighted by atomic mass is 9.97. The van der Waals surface area contributed by atoms with E-state index in [0.29, 0.717) is 0 Å². The highest BCUT2D eigenvalue weighted by Gasteiger charge is 2.45. The normalized spacial score (nSPS) is 15.3. The summed E-state index contributed by atoms with van der Waals surface area (Å²) in [6.45, 7) is 18.9. The molecule has 0 heterocycles. The molecule has 2 N–H and O–H groups in total. The highest BCUT2D eigenvalue weighted by molar-refractivity contribution is 6.74. The molecule has 7 heteroatoms. The number of hydrogen-bond acceptors (Lipinski definition) is 4. The van der Waals surface area contributed by atoms with E-state index in [1.807, 2.05) is 13.1 Å². The smallest absolute Gasteiger partial charge is 0.408 e. The third-order valence-electron chi connectivity index (χ3n) is 4.13. The fourth-order valence-corrected chi connectivity index (χ4v) is 2.65. The van der Waals surface area contributed by atoms with Crippen LogP contribution in [-0.2, 0) is 14.0 Å². The van der Waals surface area contributed by atoms with Gasteiger partial charge in [-0.1, -0.05) is 26.8 Å². The Morgan fingerprint density at radius 3 is 2.00 bits per heavy atom. The molecule has 0 bridgehead atoms. The zero-order valence-electron chi connectivity index (χ0n) is 16.3. The Balaban J connectivity index is 5.40. The molecule has 6 nitrogen and oxygen atoms in total. The standard InChI is InChI=1S/C17H33NO5Si/c1-10-11-17(13(19)20,18-14(21)23-15(2,3)4)12-22-24(8,9)16(5,6)7/h10H,1,11-12H2,2-9H3,(H,18,21)(H,19,20). The Morgan fingerprint density at radius 1 is 1.17 bits per heavy atom. The first-order chi connectivity index (χ1) is 10.6. The van der Waals surface area contributed by atoms with Crippen LogP contribution in [0, 0.1) is 0 Å². The van der Waals surface area contributed by atoms with Crippen molar-refractivity contribution in [1.29, 1.82) is 0 Å². The summed E-state index contributed by atoms with van der Waals surface area (Å²) in [5.74, 6) is -1.17. The third-order valence-corrected chi connectivity index (χ3v) is 8.61. The fraction of sp³-hybridized carbons (Fsp3) is 0.765. The number of rotatable bonds is 7. The number of carbonyl (C=O) groups is 2. The SMILES string of the molecule is C=CCC(CO[Si](C)(C)C(C)(C)C)(NC(=O)OC(C)(C)C)C(=O)O. The van der Waals surface area contributed by atoms with E-state index >= 15 is 0 Å². The summed E-state index contributed by atoms with van der Waals surface area (Å²) in [6, 6.07) is 0. The minimum Gasteiger partial charge on any atom is -0.479 e. The number of nitrogens with one attached hydrogen (secondary N) is 1. The maximum absolute atomic E-state index is 12.1. The lowest BCUT2D eigenvalue weighted by Crippen LogP contribution is -2.60. The monoisotopic (exact) mass is 359 g/mol. The predicted octanol–water partition coefficient (Wildman–Crippen LogP) is 3.93. The number of carbonyl (C=O) groups excluding carboxylic acids is 1. The summed E-state index contributed by atoms with van der Waals surface area (Å²) < 4.78 is 11.2. The van der Waals surface area contributed by atoms with E-state index in [-0.39, 0.29) is 18.1 Å². The van der Waals surface area contributed by atoms with Crippen molar-refractivity contribution in [1.82, 2.24) is 5.32 Å². The number of carboxylic acids is 1. The molecule has 0 saturated heterocycles. The first-order valence-corrected chi connectivity index (χ1v) is 11.0. The molecule has 0 aliphatic carbocycles. The van der Waals surface area contributed by atoms with Crippen LogP contribution < -0.4 is 5.32 Å². The van der Waals surface area contributed by atoms with E-state index in [2.05, 4.69) is 32.7 Å². The van der Waals surface area contributed by atoms with Crippen molar-refractivity contribution in [3.05, 3.63) is 12.7 Å². The number of hydrogen-bond donors (Lipinski definition) is 2. The van der Waals surface area contributed by atoms with E-state index in [9.17, 15) is 14.7 Å². The molecule has 140 valence electrons. The van der Waals surface area contributed by atoms with Crippen LogP contribution in [0.2, 0.25) is 18.1 Å². The lowest BCUT2D eigenvalue weighted by molar-refractivity contribution is -0.146. The first-order valence-electron chi connectivity index (χ1n) is 8.06. The van der Waals surface area contributed by atoms with Crippen LogP contribution >= 0.6 is 0 Å². The zero-order chi connectivity index (χ0) is 19.4. The highest BCUT2D eigenvalue weighted by atomic mass is 28.4. The topological polar surface area (TPSA) is 84.9 Å². The van der Waals surface area contributed by atoms with E-state index in [1.54, 1.807) is 20.8 Å². The molecule has 0 spiro atoms. The van der Waals surface area contributed by atoms with E-state index in [0.717, 1.165) is 0 Å². The van der Waals surface area contributed by atoms with Gasteiger partial charge in [0, 0.05) is 6.42 Å². The van der Waals surface area contributed by atoms with Gasteiger partial charge in [0.25, 0.3) is 0 Å². The van der Waals surface area contributed by atoms with Gasteiger partial charge in [0.05, 0.1) is 6.61 Å². The Kier molecular flexibility index (Phi) is 7.26. The predicted molar refractivity (Wildman–Crippen MR) is 97.7 cm³/mol. The fourth-order valence-electron chi connectivity index (χ4n) is 1.61. The molecule has 0 aromatic carbocycles. The minimum absolute atomic E-state index is 0.0379. The van der Waals surface area contributed by atoms with Crippen molar-refractivity contribution in [3.8, 4) is 0 Å². The van der Waals surface area contributed by atoms with E-state index in [4.69, 9.17) is 9.16 Å². The Bertz CT molecular complexity index is 476. The molecule has 1 amide bonds. The Morgan fingerprint density at radius 2 is 1.67 bits per heavy atom. The molecule has 0 fully saturated rings. The summed E-state index contributed by atoms with van der Waals surface area (Å²) in [6.07, 6.45) is 0.710. The number of amides is 1. The van der Waals surface area contributed by atoms with Crippen molar-refractivity contribution in [3.63, 3.8) is 0 Å². The summed E-state index contributed by atoms with van der Waals surface area (Å²) in [5.41, 5.74) is -2.32. The molecule has 0 aliphatic heterocycles. The highest BCUT2D eigenvalue weighted by Crippen LogP contribution is 2.37. The lowest BCUT2D eigenvalue weighted by Gasteiger charge is -2.39. The average molecular weight is 360 g/mol. The van der Waals surface area contributed by atoms with Crippen molar-refractivity contribution in [2.24, 2.45) is 0 Å². The Labute approximate surface area is 146 Å². The van der Waals surface area contributed by atoms with Crippen LogP contribution in [0.5, 0.6) is 0 Å². The van der Waals surface area contributed by atoms with E-state index < -0.39 is 31.5 Å². The molecule has 0 aromatic rings. The van der Waals surface area contributed by atoms with Crippen LogP contribution in [0.4, 0.5) is 4.79 Å². The number of carboxylic acid groups (broad SMARTS) is 1. The molecule has 0 aliphatic rings. The van der Waals surface area contributed by atoms with Gasteiger partial charge in [0.15, 0.2) is 13.9 Å². The largest absolute Gasteiger partial charge is 0.479 e. The maximum atomic E-state index is 12.1. The maximum Gasteiger partial charge on any atom is 0.408 e. The average Bonchev–Trinajstić information content (AvgIpc) is 2.32. The van der Waals surface area contributed by atoms with Crippen molar-refractivity contribution >= 4 is 20.4 Å². The van der Waals surface area contributed by atoms with Gasteiger partial charge >= 0.3 is 12.1 Å². The van der Waals surface area contributed by atoms with Crippen LogP contribution in [0.1, 0.15) is 48.0 Å². The van der Waals surface area contributed by atoms with Gasteiger partial charge in [-0.05, 0) is 38.9 Å². The van der Waals surface area contributed by atoms with Gasteiger partial charge in [-0.2, -0.15) is 0 Å². The summed E-state index contributed by atoms with van der Waals surface area (Å²) >= 11 is 0. The summed E-state index contributed by atoms with van der Waals surface area (Å²) in [7, 11) is -2.18. The van der Waals surface area contributed by atoms with Crippen molar-refractivity contribution in [2.45, 2.75) is 77.2 Å². The Hall–Kier alpha value is -1.34. The van der Waals surface area contributed by atoms with Gasteiger partial charge in [0.2, 0.25) is 0 Å². The second-order valence-electron chi connectivity index (χ2n) is 8.56. The molecule has 0 aromatic heterocycles. The second-order valence-corrected chi connectivity index (χ2v) is 13.4. The molecule has 1 unspecified atom stereocenters. The number of ether oxygens (including phenoxy) is 1. The molecule has 0 saturated carbocycles. The molecule has 0 radical (unpaired) electrons. The van der Waals surface area contributed by atoms with Crippen molar-refractivity contribution in [2.75, 3.05) is 6.61 Å². The number of aliphatic carboxylic acids is 1. The van der Waals surface area contributed by atoms with Crippen molar-refractivity contribution < 1.29 is 23.9 Å². The van der Waals surface area contributed by atoms with Gasteiger partial charge in [-0.25, -0.2) is 9.59 Å². The van der Waals surface area contributed by atoms with Crippen LogP contribution in [0.15, 0.2) is 12.7 Å². The minimum atomic E-state index is -2.18. The molecule has 1 atom stereocenters. The summed E-state index contributed by atoms with van der Waals surface area (Å²) in [4.78, 5) is 24.0. The third kappa shape index (κ3) is 6.65. The zero-order valence-corrected chi connectivity index (χ0v) is 17.3. The van der Waals surface area contributed by atoms with Gasteiger partial charge < -0.3 is 19.6 Å². The van der Waals surface area contributed by atoms with Crippen LogP contribution in [0.3, 0.4) is 0 Å². The molecule has 24 heavy (non-hydrogen) atoms. The molecule has 0 rings (SSSR count). The quantitative estimate of drug-likeness (QED) is 0.531.